The van der Waals surface area contributed by atoms with Crippen LogP contribution >= 0.6 is 23.2 Å². The number of nitrogens with one attached hydrogen (secondary N) is 1. The minimum absolute atomic E-state index is 0.321. The molecule has 0 aliphatic rings. The number of methoxy groups -OCH3 is 2. The van der Waals surface area contributed by atoms with Crippen LogP contribution in [0.5, 0.6) is 11.5 Å². The Hall–Kier alpha value is -2.70. The molecule has 6 nitrogen and oxygen atoms in total. The van der Waals surface area contributed by atoms with Crippen molar-refractivity contribution in [2.24, 2.45) is 0 Å². The first-order chi connectivity index (χ1) is 13.4. The van der Waals surface area contributed by atoms with Crippen molar-refractivity contribution in [1.29, 1.82) is 0 Å². The number of carbonyl (C=O) groups excluding carboxylic acids is 1. The largest absolute Gasteiger partial charge is 0.497 e. The van der Waals surface area contributed by atoms with Gasteiger partial charge in [-0.15, -0.1) is 0 Å². The van der Waals surface area contributed by atoms with Gasteiger partial charge < -0.3 is 14.8 Å². The van der Waals surface area contributed by atoms with Crippen molar-refractivity contribution >= 4 is 34.9 Å². The molecule has 1 heterocycles. The lowest BCUT2D eigenvalue weighted by atomic mass is 10.1. The summed E-state index contributed by atoms with van der Waals surface area (Å²) in [7, 11) is 3.06. The summed E-state index contributed by atoms with van der Waals surface area (Å²) >= 11 is 12.0. The Bertz CT molecular complexity index is 1020. The van der Waals surface area contributed by atoms with Crippen molar-refractivity contribution in [3.8, 4) is 11.5 Å². The van der Waals surface area contributed by atoms with E-state index in [0.717, 1.165) is 11.3 Å². The van der Waals surface area contributed by atoms with Crippen LogP contribution in [0.3, 0.4) is 0 Å². The fraction of sp³-hybridized carbons (Fsp3) is 0.200. The molecular weight excluding hydrogens is 401 g/mol. The molecule has 0 atom stereocenters. The van der Waals surface area contributed by atoms with E-state index in [0.29, 0.717) is 39.5 Å². The second-order valence-corrected chi connectivity index (χ2v) is 6.91. The number of halogens is 2. The Morgan fingerprint density at radius 2 is 1.86 bits per heavy atom. The van der Waals surface area contributed by atoms with Crippen molar-refractivity contribution in [2.45, 2.75) is 13.5 Å². The van der Waals surface area contributed by atoms with Crippen molar-refractivity contribution < 1.29 is 14.3 Å². The van der Waals surface area contributed by atoms with Gasteiger partial charge in [-0.3, -0.25) is 9.48 Å². The van der Waals surface area contributed by atoms with Gasteiger partial charge in [0.05, 0.1) is 36.4 Å². The summed E-state index contributed by atoms with van der Waals surface area (Å²) in [6.07, 6.45) is 0. The van der Waals surface area contributed by atoms with Crippen LogP contribution in [0, 0.1) is 6.92 Å². The highest BCUT2D eigenvalue weighted by molar-refractivity contribution is 6.42. The predicted molar refractivity (Wildman–Crippen MR) is 110 cm³/mol. The molecule has 8 heteroatoms. The standard InChI is InChI=1S/C20H19Cl2N3O3/c1-12-8-19(24-25(12)11-13-4-7-16(21)17(22)9-13)23-20(26)15-6-5-14(27-2)10-18(15)28-3/h4-10H,11H2,1-3H3,(H,23,24,26). The number of hydrogen-bond acceptors (Lipinski definition) is 4. The molecule has 3 aromatic rings. The third kappa shape index (κ3) is 4.40. The molecular formula is C20H19Cl2N3O3. The SMILES string of the molecule is COc1ccc(C(=O)Nc2cc(C)n(Cc3ccc(Cl)c(Cl)c3)n2)c(OC)c1. The quantitative estimate of drug-likeness (QED) is 0.621. The average Bonchev–Trinajstić information content (AvgIpc) is 3.02. The average molecular weight is 420 g/mol. The molecule has 2 aromatic carbocycles. The van der Waals surface area contributed by atoms with E-state index in [4.69, 9.17) is 32.7 Å². The Balaban J connectivity index is 1.77. The van der Waals surface area contributed by atoms with Gasteiger partial charge in [-0.1, -0.05) is 29.3 Å². The van der Waals surface area contributed by atoms with Gasteiger partial charge in [0, 0.05) is 17.8 Å². The van der Waals surface area contributed by atoms with Crippen LogP contribution in [0.2, 0.25) is 10.0 Å². The van der Waals surface area contributed by atoms with E-state index in [2.05, 4.69) is 10.4 Å². The predicted octanol–water partition coefficient (Wildman–Crippen LogP) is 4.82. The number of rotatable bonds is 6. The Labute approximate surface area is 173 Å². The van der Waals surface area contributed by atoms with Crippen LogP contribution in [0.15, 0.2) is 42.5 Å². The van der Waals surface area contributed by atoms with E-state index in [-0.39, 0.29) is 5.91 Å². The maximum Gasteiger partial charge on any atom is 0.260 e. The summed E-state index contributed by atoms with van der Waals surface area (Å²) in [5.74, 6) is 1.15. The van der Waals surface area contributed by atoms with Crippen molar-refractivity contribution in [3.63, 3.8) is 0 Å². The molecule has 0 saturated carbocycles. The minimum atomic E-state index is -0.321. The molecule has 146 valence electrons. The monoisotopic (exact) mass is 419 g/mol. The summed E-state index contributed by atoms with van der Waals surface area (Å²) in [6.45, 7) is 2.42. The zero-order chi connectivity index (χ0) is 20.3. The molecule has 28 heavy (non-hydrogen) atoms. The first-order valence-corrected chi connectivity index (χ1v) is 9.18. The summed E-state index contributed by atoms with van der Waals surface area (Å²) in [6, 6.07) is 12.2. The zero-order valence-electron chi connectivity index (χ0n) is 15.6. The van der Waals surface area contributed by atoms with E-state index in [1.54, 1.807) is 48.2 Å². The molecule has 1 aromatic heterocycles. The molecule has 0 fully saturated rings. The van der Waals surface area contributed by atoms with Crippen molar-refractivity contribution in [1.82, 2.24) is 9.78 Å². The van der Waals surface area contributed by atoms with Gasteiger partial charge in [0.15, 0.2) is 5.82 Å². The van der Waals surface area contributed by atoms with Gasteiger partial charge in [0.1, 0.15) is 11.5 Å². The maximum atomic E-state index is 12.6. The topological polar surface area (TPSA) is 65.4 Å². The fourth-order valence-electron chi connectivity index (χ4n) is 2.71. The normalized spacial score (nSPS) is 10.6. The van der Waals surface area contributed by atoms with Crippen LogP contribution in [0.1, 0.15) is 21.6 Å². The lowest BCUT2D eigenvalue weighted by Crippen LogP contribution is -2.14. The first-order valence-electron chi connectivity index (χ1n) is 8.43. The van der Waals surface area contributed by atoms with Gasteiger partial charge in [-0.05, 0) is 36.8 Å². The van der Waals surface area contributed by atoms with Crippen LogP contribution < -0.4 is 14.8 Å². The number of ether oxygens (including phenoxy) is 2. The summed E-state index contributed by atoms with van der Waals surface area (Å²) in [4.78, 5) is 12.6. The third-order valence-electron chi connectivity index (χ3n) is 4.19. The lowest BCUT2D eigenvalue weighted by molar-refractivity contribution is 0.102. The number of hydrogen-bond donors (Lipinski definition) is 1. The number of benzene rings is 2. The molecule has 0 spiro atoms. The number of amides is 1. The molecule has 0 radical (unpaired) electrons. The molecule has 0 aliphatic heterocycles. The first kappa shape index (κ1) is 20.0. The van der Waals surface area contributed by atoms with Gasteiger partial charge in [0.25, 0.3) is 5.91 Å². The number of aryl methyl sites for hydroxylation is 1. The smallest absolute Gasteiger partial charge is 0.260 e. The maximum absolute atomic E-state index is 12.6. The molecule has 1 amide bonds. The van der Waals surface area contributed by atoms with Crippen LogP contribution in [0.4, 0.5) is 5.82 Å². The summed E-state index contributed by atoms with van der Waals surface area (Å²) in [5, 5.41) is 8.25. The van der Waals surface area contributed by atoms with Crippen LogP contribution in [-0.2, 0) is 6.54 Å². The molecule has 3 rings (SSSR count). The second-order valence-electron chi connectivity index (χ2n) is 6.10. The molecule has 1 N–H and O–H groups in total. The van der Waals surface area contributed by atoms with E-state index >= 15 is 0 Å². The molecule has 0 bridgehead atoms. The Morgan fingerprint density at radius 3 is 2.54 bits per heavy atom. The molecule has 0 saturated heterocycles. The van der Waals surface area contributed by atoms with E-state index < -0.39 is 0 Å². The second kappa shape index (κ2) is 8.54. The van der Waals surface area contributed by atoms with Crippen LogP contribution in [-0.4, -0.2) is 29.9 Å². The number of nitrogens with zero attached hydrogens (tertiary/aromatic N) is 2. The van der Waals surface area contributed by atoms with Crippen molar-refractivity contribution in [3.05, 3.63) is 69.3 Å². The minimum Gasteiger partial charge on any atom is -0.497 e. The highest BCUT2D eigenvalue weighted by atomic mass is 35.5. The van der Waals surface area contributed by atoms with Gasteiger partial charge in [-0.2, -0.15) is 5.10 Å². The highest BCUT2D eigenvalue weighted by Gasteiger charge is 2.15. The third-order valence-corrected chi connectivity index (χ3v) is 4.93. The lowest BCUT2D eigenvalue weighted by Gasteiger charge is -2.09. The highest BCUT2D eigenvalue weighted by Crippen LogP contribution is 2.26. The molecule has 0 unspecified atom stereocenters. The van der Waals surface area contributed by atoms with E-state index in [1.807, 2.05) is 13.0 Å². The Morgan fingerprint density at radius 1 is 1.07 bits per heavy atom. The Kier molecular flexibility index (Phi) is 6.11. The number of carbonyl (C=O) groups is 1. The van der Waals surface area contributed by atoms with Crippen molar-refractivity contribution in [2.75, 3.05) is 19.5 Å². The summed E-state index contributed by atoms with van der Waals surface area (Å²) < 4.78 is 12.2. The fourth-order valence-corrected chi connectivity index (χ4v) is 3.03. The van der Waals surface area contributed by atoms with E-state index in [1.165, 1.54) is 7.11 Å². The summed E-state index contributed by atoms with van der Waals surface area (Å²) in [5.41, 5.74) is 2.23. The van der Waals surface area contributed by atoms with Gasteiger partial charge in [-0.25, -0.2) is 0 Å². The molecule has 0 aliphatic carbocycles. The zero-order valence-corrected chi connectivity index (χ0v) is 17.1. The van der Waals surface area contributed by atoms with Crippen LogP contribution in [0.25, 0.3) is 0 Å². The van der Waals surface area contributed by atoms with Gasteiger partial charge in [0.2, 0.25) is 0 Å². The number of aromatic nitrogens is 2. The van der Waals surface area contributed by atoms with Gasteiger partial charge >= 0.3 is 0 Å². The number of anilines is 1. The van der Waals surface area contributed by atoms with E-state index in [9.17, 15) is 4.79 Å².